The van der Waals surface area contributed by atoms with Gasteiger partial charge in [0.2, 0.25) is 0 Å². The summed E-state index contributed by atoms with van der Waals surface area (Å²) in [5, 5.41) is 24.8. The molecule has 0 amide bonds. The van der Waals surface area contributed by atoms with Crippen LogP contribution in [0.5, 0.6) is 0 Å². The van der Waals surface area contributed by atoms with Gasteiger partial charge in [-0.2, -0.15) is 0 Å². The molecule has 0 aromatic rings. The Morgan fingerprint density at radius 1 is 0.882 bits per heavy atom. The second-order valence-corrected chi connectivity index (χ2v) is 2.37. The fraction of sp³-hybridized carbons (Fsp3) is 0.375. The molecule has 1 radical (unpaired) electrons. The van der Waals surface area contributed by atoms with Crippen LogP contribution in [0.1, 0.15) is 20.8 Å². The minimum Gasteiger partial charge on any atom is -0.542 e. The summed E-state index contributed by atoms with van der Waals surface area (Å²) < 4.78 is 0. The Labute approximate surface area is 108 Å². The van der Waals surface area contributed by atoms with Crippen LogP contribution in [0.3, 0.4) is 0 Å². The maximum Gasteiger partial charge on any atom is 2.00 e. The van der Waals surface area contributed by atoms with Gasteiger partial charge < -0.3 is 25.5 Å². The number of aliphatic carboxylic acids is 2. The van der Waals surface area contributed by atoms with E-state index in [1.54, 1.807) is 0 Å². The zero-order valence-corrected chi connectivity index (χ0v) is 10.3. The molecule has 0 bridgehead atoms. The number of hydrogen-bond acceptors (Lipinski definition) is 7. The second-order valence-electron chi connectivity index (χ2n) is 2.37. The van der Waals surface area contributed by atoms with Gasteiger partial charge in [-0.1, -0.05) is 0 Å². The van der Waals surface area contributed by atoms with E-state index in [0.29, 0.717) is 0 Å². The van der Waals surface area contributed by atoms with Crippen LogP contribution in [-0.2, 0) is 36.2 Å². The van der Waals surface area contributed by atoms with Gasteiger partial charge in [0.25, 0.3) is 0 Å². The Morgan fingerprint density at radius 2 is 0.941 bits per heavy atom. The molecule has 3 N–H and O–H groups in total. The number of nitrogens with one attached hydrogen (secondary N) is 1. The van der Waals surface area contributed by atoms with Crippen molar-refractivity contribution in [3.8, 4) is 0 Å². The van der Waals surface area contributed by atoms with E-state index < -0.39 is 23.5 Å². The summed E-state index contributed by atoms with van der Waals surface area (Å²) in [5.41, 5.74) is 4.69. The normalized spacial score (nSPS) is 6.76. The molecule has 0 heterocycles. The summed E-state index contributed by atoms with van der Waals surface area (Å²) in [6, 6.07) is 0. The number of hydrogen-bond donors (Lipinski definition) is 2. The van der Waals surface area contributed by atoms with Crippen LogP contribution in [-0.4, -0.2) is 29.3 Å². The van der Waals surface area contributed by atoms with E-state index in [1.807, 2.05) is 0 Å². The molecule has 0 spiro atoms. The van der Waals surface area contributed by atoms with E-state index in [4.69, 9.17) is 11.1 Å². The third-order valence-electron chi connectivity index (χ3n) is 0.575. The molecule has 101 valence electrons. The molecule has 0 aliphatic carbocycles. The number of amidine groups is 1. The summed E-state index contributed by atoms with van der Waals surface area (Å²) >= 11 is 0. The predicted molar refractivity (Wildman–Crippen MR) is 49.0 cm³/mol. The topological polar surface area (TPSA) is 164 Å². The van der Waals surface area contributed by atoms with Gasteiger partial charge in [0.15, 0.2) is 11.6 Å². The Kier molecular flexibility index (Phi) is 20.5. The zero-order valence-electron chi connectivity index (χ0n) is 9.33. The summed E-state index contributed by atoms with van der Waals surface area (Å²) in [5.74, 6) is -4.96. The van der Waals surface area contributed by atoms with Crippen molar-refractivity contribution in [2.24, 2.45) is 5.73 Å². The number of carboxylic acid groups (broad SMARTS) is 2. The predicted octanol–water partition coefficient (Wildman–Crippen LogP) is -3.41. The molecule has 9 heteroatoms. The molecular weight excluding hydrogens is 284 g/mol. The van der Waals surface area contributed by atoms with Crippen molar-refractivity contribution in [2.75, 3.05) is 0 Å². The van der Waals surface area contributed by atoms with Gasteiger partial charge in [-0.25, -0.2) is 0 Å². The van der Waals surface area contributed by atoms with Crippen LogP contribution in [0.25, 0.3) is 0 Å². The molecule has 17 heavy (non-hydrogen) atoms. The van der Waals surface area contributed by atoms with Gasteiger partial charge in [-0.3, -0.25) is 15.0 Å². The number of ketones is 2. The van der Waals surface area contributed by atoms with Crippen LogP contribution < -0.4 is 15.9 Å². The number of carboxylic acids is 2. The number of Topliss-reactive ketones (excluding diaryl/α,β-unsaturated/α-hetero) is 2. The van der Waals surface area contributed by atoms with Crippen molar-refractivity contribution in [1.82, 2.24) is 0 Å². The van der Waals surface area contributed by atoms with Crippen molar-refractivity contribution < 1.29 is 46.5 Å². The van der Waals surface area contributed by atoms with Gasteiger partial charge in [0, 0.05) is 13.8 Å². The summed E-state index contributed by atoms with van der Waals surface area (Å²) in [7, 11) is 0. The molecule has 8 nitrogen and oxygen atoms in total. The molecule has 0 saturated carbocycles. The third kappa shape index (κ3) is 54.7. The van der Waals surface area contributed by atoms with Gasteiger partial charge in [0.1, 0.15) is 11.9 Å². The minimum atomic E-state index is -1.63. The van der Waals surface area contributed by atoms with Crippen molar-refractivity contribution in [3.63, 3.8) is 0 Å². The summed E-state index contributed by atoms with van der Waals surface area (Å²) in [6.07, 6.45) is 0. The maximum atomic E-state index is 9.48. The molecule has 0 saturated heterocycles. The zero-order chi connectivity index (χ0) is 13.9. The second kappa shape index (κ2) is 14.3. The summed E-state index contributed by atoms with van der Waals surface area (Å²) in [4.78, 5) is 37.4. The molecular formula is C8H12CuN2O6. The molecule has 0 atom stereocenters. The number of carbonyl (C=O) groups is 4. The van der Waals surface area contributed by atoms with Crippen molar-refractivity contribution in [3.05, 3.63) is 0 Å². The molecule has 0 aromatic carbocycles. The van der Waals surface area contributed by atoms with Gasteiger partial charge in [-0.15, -0.1) is 0 Å². The Balaban J connectivity index is -0.0000000741. The van der Waals surface area contributed by atoms with E-state index in [0.717, 1.165) is 13.8 Å². The Hall–Kier alpha value is -1.73. The van der Waals surface area contributed by atoms with E-state index in [1.165, 1.54) is 6.92 Å². The average molecular weight is 296 g/mol. The fourth-order valence-electron chi connectivity index (χ4n) is 0. The molecule has 0 aliphatic heterocycles. The Bertz CT molecular complexity index is 250. The van der Waals surface area contributed by atoms with Crippen molar-refractivity contribution in [2.45, 2.75) is 20.8 Å². The smallest absolute Gasteiger partial charge is 0.542 e. The monoisotopic (exact) mass is 295 g/mol. The van der Waals surface area contributed by atoms with Crippen LogP contribution in [0.15, 0.2) is 0 Å². The standard InChI is InChI=1S/2C3H4O3.C2H6N2.Cu/c2*1-2(4)3(5)6;1-2(3)4;/h2*1H3,(H,5,6);1H3,(H3,3,4);/q;;;+2/p-2. The van der Waals surface area contributed by atoms with Gasteiger partial charge in [-0.05, 0) is 6.92 Å². The number of rotatable bonds is 2. The van der Waals surface area contributed by atoms with E-state index in [9.17, 15) is 29.4 Å². The third-order valence-corrected chi connectivity index (χ3v) is 0.575. The quantitative estimate of drug-likeness (QED) is 0.232. The van der Waals surface area contributed by atoms with Crippen LogP contribution in [0, 0.1) is 5.41 Å². The van der Waals surface area contributed by atoms with E-state index >= 15 is 0 Å². The maximum absolute atomic E-state index is 9.48. The first-order chi connectivity index (χ1) is 7.02. The summed E-state index contributed by atoms with van der Waals surface area (Å²) in [6.45, 7) is 3.41. The largest absolute Gasteiger partial charge is 2.00 e. The van der Waals surface area contributed by atoms with Gasteiger partial charge in [0.05, 0.1) is 5.84 Å². The molecule has 0 aromatic heterocycles. The van der Waals surface area contributed by atoms with Crippen LogP contribution >= 0.6 is 0 Å². The number of carbonyl (C=O) groups excluding carboxylic acids is 4. The molecule has 0 rings (SSSR count). The number of nitrogens with two attached hydrogens (primary N) is 1. The SMILES string of the molecule is CC(=N)N.CC(=O)C(=O)[O-].CC(=O)C(=O)[O-].[Cu+2]. The first-order valence-corrected chi connectivity index (χ1v) is 3.76. The Morgan fingerprint density at radius 3 is 0.941 bits per heavy atom. The molecule has 0 fully saturated rings. The van der Waals surface area contributed by atoms with Crippen molar-refractivity contribution >= 4 is 29.3 Å². The fourth-order valence-corrected chi connectivity index (χ4v) is 0. The average Bonchev–Trinajstić information content (AvgIpc) is 2.03. The van der Waals surface area contributed by atoms with Gasteiger partial charge >= 0.3 is 17.1 Å². The minimum absolute atomic E-state index is 0. The van der Waals surface area contributed by atoms with E-state index in [-0.39, 0.29) is 22.9 Å². The van der Waals surface area contributed by atoms with Crippen LogP contribution in [0.2, 0.25) is 0 Å². The first-order valence-electron chi connectivity index (χ1n) is 3.76. The first kappa shape index (κ1) is 24.5. The van der Waals surface area contributed by atoms with Crippen molar-refractivity contribution in [1.29, 1.82) is 5.41 Å². The van der Waals surface area contributed by atoms with E-state index in [2.05, 4.69) is 0 Å². The molecule has 0 aliphatic rings. The molecule has 0 unspecified atom stereocenters. The van der Waals surface area contributed by atoms with Crippen LogP contribution in [0.4, 0.5) is 0 Å².